The molecule has 22 heavy (non-hydrogen) atoms. The van der Waals surface area contributed by atoms with Crippen LogP contribution in [0.5, 0.6) is 5.75 Å². The number of hydrogen-bond acceptors (Lipinski definition) is 3. The molecule has 4 heteroatoms. The van der Waals surface area contributed by atoms with Gasteiger partial charge < -0.3 is 10.1 Å². The van der Waals surface area contributed by atoms with Crippen molar-refractivity contribution in [3.63, 3.8) is 0 Å². The number of carbonyl (C=O) groups excluding carboxylic acids is 1. The van der Waals surface area contributed by atoms with Crippen molar-refractivity contribution in [3.8, 4) is 11.8 Å². The van der Waals surface area contributed by atoms with E-state index in [0.29, 0.717) is 17.0 Å². The number of rotatable bonds is 4. The number of aryl methyl sites for hydroxylation is 2. The summed E-state index contributed by atoms with van der Waals surface area (Å²) in [6, 6.07) is 14.7. The lowest BCUT2D eigenvalue weighted by Gasteiger charge is -2.16. The van der Waals surface area contributed by atoms with Crippen LogP contribution >= 0.6 is 0 Å². The Morgan fingerprint density at radius 3 is 2.45 bits per heavy atom. The molecule has 2 aromatic rings. The van der Waals surface area contributed by atoms with Crippen LogP contribution in [0.15, 0.2) is 42.5 Å². The van der Waals surface area contributed by atoms with E-state index in [1.807, 2.05) is 38.1 Å². The van der Waals surface area contributed by atoms with Crippen molar-refractivity contribution in [2.45, 2.75) is 26.9 Å². The predicted molar refractivity (Wildman–Crippen MR) is 85.8 cm³/mol. The van der Waals surface area contributed by atoms with Crippen molar-refractivity contribution in [1.29, 1.82) is 5.26 Å². The zero-order valence-electron chi connectivity index (χ0n) is 12.9. The Hall–Kier alpha value is -2.80. The normalized spacial score (nSPS) is 11.4. The summed E-state index contributed by atoms with van der Waals surface area (Å²) < 4.78 is 5.69. The lowest BCUT2D eigenvalue weighted by molar-refractivity contribution is -0.122. The summed E-state index contributed by atoms with van der Waals surface area (Å²) in [6.45, 7) is 5.64. The molecule has 0 fully saturated rings. The van der Waals surface area contributed by atoms with E-state index in [0.717, 1.165) is 11.1 Å². The average Bonchev–Trinajstić information content (AvgIpc) is 2.46. The quantitative estimate of drug-likeness (QED) is 0.937. The van der Waals surface area contributed by atoms with Crippen LogP contribution in [0, 0.1) is 25.2 Å². The highest BCUT2D eigenvalue weighted by Gasteiger charge is 2.16. The van der Waals surface area contributed by atoms with E-state index in [-0.39, 0.29) is 5.91 Å². The van der Waals surface area contributed by atoms with Crippen LogP contribution in [-0.2, 0) is 4.79 Å². The molecule has 2 aromatic carbocycles. The van der Waals surface area contributed by atoms with E-state index >= 15 is 0 Å². The first-order valence-electron chi connectivity index (χ1n) is 7.04. The minimum absolute atomic E-state index is 0.290. The Balaban J connectivity index is 2.08. The minimum Gasteiger partial charge on any atom is -0.481 e. The fourth-order valence-electron chi connectivity index (χ4n) is 2.18. The molecule has 0 saturated heterocycles. The fourth-order valence-corrected chi connectivity index (χ4v) is 2.18. The molecular weight excluding hydrogens is 276 g/mol. The number of nitrogens with zero attached hydrogens (tertiary/aromatic N) is 1. The van der Waals surface area contributed by atoms with Crippen molar-refractivity contribution < 1.29 is 9.53 Å². The maximum absolute atomic E-state index is 12.2. The van der Waals surface area contributed by atoms with Gasteiger partial charge >= 0.3 is 0 Å². The van der Waals surface area contributed by atoms with Gasteiger partial charge in [-0.15, -0.1) is 0 Å². The SMILES string of the molecule is Cc1cc(C)cc(O[C@H](C)C(=O)Nc2ccccc2C#N)c1. The molecule has 0 aromatic heterocycles. The first-order valence-corrected chi connectivity index (χ1v) is 7.04. The van der Waals surface area contributed by atoms with Crippen LogP contribution in [-0.4, -0.2) is 12.0 Å². The first kappa shape index (κ1) is 15.6. The van der Waals surface area contributed by atoms with Crippen LogP contribution < -0.4 is 10.1 Å². The highest BCUT2D eigenvalue weighted by molar-refractivity contribution is 5.95. The molecule has 0 unspecified atom stereocenters. The Morgan fingerprint density at radius 1 is 1.18 bits per heavy atom. The summed E-state index contributed by atoms with van der Waals surface area (Å²) in [6.07, 6.45) is -0.659. The second-order valence-electron chi connectivity index (χ2n) is 5.23. The molecular formula is C18H18N2O2. The van der Waals surface area contributed by atoms with Gasteiger partial charge in [0, 0.05) is 0 Å². The number of anilines is 1. The Kier molecular flexibility index (Phi) is 4.80. The van der Waals surface area contributed by atoms with Crippen LogP contribution in [0.4, 0.5) is 5.69 Å². The molecule has 0 heterocycles. The lowest BCUT2D eigenvalue weighted by atomic mass is 10.1. The smallest absolute Gasteiger partial charge is 0.265 e. The predicted octanol–water partition coefficient (Wildman–Crippen LogP) is 3.58. The number of benzene rings is 2. The Bertz CT molecular complexity index is 712. The topological polar surface area (TPSA) is 62.1 Å². The zero-order valence-corrected chi connectivity index (χ0v) is 12.9. The molecule has 0 aliphatic rings. The van der Waals surface area contributed by atoms with Crippen molar-refractivity contribution in [2.75, 3.05) is 5.32 Å². The molecule has 1 N–H and O–H groups in total. The number of hydrogen-bond donors (Lipinski definition) is 1. The summed E-state index contributed by atoms with van der Waals surface area (Å²) in [5, 5.41) is 11.8. The number of amides is 1. The van der Waals surface area contributed by atoms with Gasteiger partial charge in [-0.1, -0.05) is 18.2 Å². The van der Waals surface area contributed by atoms with Crippen LogP contribution in [0.3, 0.4) is 0 Å². The third kappa shape index (κ3) is 3.86. The lowest BCUT2D eigenvalue weighted by Crippen LogP contribution is -2.30. The number of para-hydroxylation sites is 1. The van der Waals surface area contributed by atoms with Crippen LogP contribution in [0.1, 0.15) is 23.6 Å². The van der Waals surface area contributed by atoms with Gasteiger partial charge in [0.25, 0.3) is 5.91 Å². The molecule has 0 saturated carbocycles. The number of carbonyl (C=O) groups is 1. The van der Waals surface area contributed by atoms with Gasteiger partial charge in [0.15, 0.2) is 6.10 Å². The summed E-state index contributed by atoms with van der Waals surface area (Å²) in [7, 11) is 0. The monoisotopic (exact) mass is 294 g/mol. The van der Waals surface area contributed by atoms with Gasteiger partial charge in [0.2, 0.25) is 0 Å². The van der Waals surface area contributed by atoms with E-state index in [1.54, 1.807) is 31.2 Å². The first-order chi connectivity index (χ1) is 10.5. The third-order valence-corrected chi connectivity index (χ3v) is 3.18. The van der Waals surface area contributed by atoms with Gasteiger partial charge in [-0.05, 0) is 56.2 Å². The van der Waals surface area contributed by atoms with E-state index < -0.39 is 6.10 Å². The van der Waals surface area contributed by atoms with Crippen molar-refractivity contribution >= 4 is 11.6 Å². The van der Waals surface area contributed by atoms with Gasteiger partial charge in [-0.25, -0.2) is 0 Å². The third-order valence-electron chi connectivity index (χ3n) is 3.18. The van der Waals surface area contributed by atoms with Gasteiger partial charge in [0.05, 0.1) is 11.3 Å². The maximum Gasteiger partial charge on any atom is 0.265 e. The molecule has 112 valence electrons. The zero-order chi connectivity index (χ0) is 16.1. The standard InChI is InChI=1S/C18H18N2O2/c1-12-8-13(2)10-16(9-12)22-14(3)18(21)20-17-7-5-4-6-15(17)11-19/h4-10,14H,1-3H3,(H,20,21)/t14-/m1/s1. The largest absolute Gasteiger partial charge is 0.481 e. The molecule has 0 radical (unpaired) electrons. The molecule has 0 spiro atoms. The van der Waals surface area contributed by atoms with Crippen LogP contribution in [0.25, 0.3) is 0 Å². The molecule has 0 bridgehead atoms. The summed E-state index contributed by atoms with van der Waals surface area (Å²) >= 11 is 0. The Labute approximate surface area is 130 Å². The molecule has 1 amide bonds. The average molecular weight is 294 g/mol. The molecule has 2 rings (SSSR count). The maximum atomic E-state index is 12.2. The second-order valence-corrected chi connectivity index (χ2v) is 5.23. The van der Waals surface area contributed by atoms with Crippen molar-refractivity contribution in [2.24, 2.45) is 0 Å². The van der Waals surface area contributed by atoms with Gasteiger partial charge in [-0.3, -0.25) is 4.79 Å². The molecule has 0 aliphatic carbocycles. The highest BCUT2D eigenvalue weighted by Crippen LogP contribution is 2.19. The summed E-state index contributed by atoms with van der Waals surface area (Å²) in [5.74, 6) is 0.371. The molecule has 4 nitrogen and oxygen atoms in total. The molecule has 0 aliphatic heterocycles. The van der Waals surface area contributed by atoms with Gasteiger partial charge in [-0.2, -0.15) is 5.26 Å². The van der Waals surface area contributed by atoms with E-state index in [4.69, 9.17) is 10.00 Å². The van der Waals surface area contributed by atoms with E-state index in [2.05, 4.69) is 5.32 Å². The Morgan fingerprint density at radius 2 is 1.82 bits per heavy atom. The summed E-state index contributed by atoms with van der Waals surface area (Å²) in [5.41, 5.74) is 3.08. The van der Waals surface area contributed by atoms with Crippen LogP contribution in [0.2, 0.25) is 0 Å². The number of nitriles is 1. The second kappa shape index (κ2) is 6.77. The van der Waals surface area contributed by atoms with E-state index in [1.165, 1.54) is 0 Å². The van der Waals surface area contributed by atoms with Crippen molar-refractivity contribution in [3.05, 3.63) is 59.2 Å². The van der Waals surface area contributed by atoms with Crippen molar-refractivity contribution in [1.82, 2.24) is 0 Å². The number of ether oxygens (including phenoxy) is 1. The van der Waals surface area contributed by atoms with E-state index in [9.17, 15) is 4.79 Å². The van der Waals surface area contributed by atoms with Gasteiger partial charge in [0.1, 0.15) is 11.8 Å². The number of nitrogens with one attached hydrogen (secondary N) is 1. The molecule has 1 atom stereocenters. The highest BCUT2D eigenvalue weighted by atomic mass is 16.5. The minimum atomic E-state index is -0.659. The fraction of sp³-hybridized carbons (Fsp3) is 0.222. The summed E-state index contributed by atoms with van der Waals surface area (Å²) in [4.78, 5) is 12.2.